The lowest BCUT2D eigenvalue weighted by atomic mass is 10.4. The lowest BCUT2D eigenvalue weighted by molar-refractivity contribution is 0.100. The van der Waals surface area contributed by atoms with E-state index in [4.69, 9.17) is 0 Å². The van der Waals surface area contributed by atoms with Crippen molar-refractivity contribution in [3.8, 4) is 0 Å². The van der Waals surface area contributed by atoms with Crippen molar-refractivity contribution >= 4 is 11.3 Å². The molecule has 4 nitrogen and oxygen atoms in total. The number of fused-ring (bicyclic) bond motifs is 1. The highest BCUT2D eigenvalue weighted by Crippen LogP contribution is 2.04. The number of hydrogen-bond donors (Lipinski definition) is 0. The predicted molar refractivity (Wildman–Crippen MR) is 43.0 cm³/mol. The summed E-state index contributed by atoms with van der Waals surface area (Å²) in [7, 11) is 0. The first-order chi connectivity index (χ1) is 5.79. The molecule has 2 rings (SSSR count). The molecule has 4 heteroatoms. The maximum atomic E-state index is 11.0. The van der Waals surface area contributed by atoms with Crippen LogP contribution in [0, 0.1) is 0 Å². The molecule has 12 heavy (non-hydrogen) atoms. The van der Waals surface area contributed by atoms with Gasteiger partial charge in [-0.2, -0.15) is 0 Å². The summed E-state index contributed by atoms with van der Waals surface area (Å²) < 4.78 is 1.72. The van der Waals surface area contributed by atoms with Crippen molar-refractivity contribution in [3.63, 3.8) is 0 Å². The largest absolute Gasteiger partial charge is 0.294 e. The van der Waals surface area contributed by atoms with Gasteiger partial charge in [-0.25, -0.2) is 4.98 Å². The van der Waals surface area contributed by atoms with E-state index < -0.39 is 0 Å². The Labute approximate surface area is 68.9 Å². The summed E-state index contributed by atoms with van der Waals surface area (Å²) in [5, 5.41) is 0. The fourth-order valence-corrected chi connectivity index (χ4v) is 1.11. The van der Waals surface area contributed by atoms with Gasteiger partial charge in [0.05, 0.1) is 17.9 Å². The molecule has 0 spiro atoms. The Hall–Kier alpha value is -1.71. The van der Waals surface area contributed by atoms with E-state index >= 15 is 0 Å². The lowest BCUT2D eigenvalue weighted by Gasteiger charge is -1.93. The Morgan fingerprint density at radius 3 is 3.08 bits per heavy atom. The molecule has 0 aliphatic heterocycles. The standard InChI is InChI=1S/C8H7N3O/c1-6(12)8-10-5-7-4-9-2-3-11(7)8/h2-5H,1H3. The number of Topliss-reactive ketones (excluding diaryl/α,β-unsaturated/α-hetero) is 1. The summed E-state index contributed by atoms with van der Waals surface area (Å²) in [5.74, 6) is 0.411. The van der Waals surface area contributed by atoms with Gasteiger partial charge in [0.25, 0.3) is 0 Å². The number of carbonyl (C=O) groups excluding carboxylic acids is 1. The topological polar surface area (TPSA) is 47.3 Å². The van der Waals surface area contributed by atoms with Gasteiger partial charge in [-0.3, -0.25) is 14.2 Å². The molecule has 0 atom stereocenters. The summed E-state index contributed by atoms with van der Waals surface area (Å²) in [6.45, 7) is 1.50. The van der Waals surface area contributed by atoms with Crippen LogP contribution in [0.2, 0.25) is 0 Å². The van der Waals surface area contributed by atoms with Gasteiger partial charge in [-0.05, 0) is 0 Å². The van der Waals surface area contributed by atoms with Crippen molar-refractivity contribution in [1.82, 2.24) is 14.4 Å². The molecule has 0 unspecified atom stereocenters. The van der Waals surface area contributed by atoms with Gasteiger partial charge >= 0.3 is 0 Å². The molecule has 0 aliphatic carbocycles. The summed E-state index contributed by atoms with van der Waals surface area (Å²) in [6, 6.07) is 0. The molecular formula is C8H7N3O. The van der Waals surface area contributed by atoms with Crippen molar-refractivity contribution in [1.29, 1.82) is 0 Å². The Morgan fingerprint density at radius 1 is 1.50 bits per heavy atom. The maximum Gasteiger partial charge on any atom is 0.195 e. The first-order valence-corrected chi connectivity index (χ1v) is 3.57. The minimum absolute atomic E-state index is 0.0406. The normalized spacial score (nSPS) is 10.4. The van der Waals surface area contributed by atoms with Crippen LogP contribution in [0.1, 0.15) is 17.5 Å². The molecule has 0 bridgehead atoms. The van der Waals surface area contributed by atoms with Gasteiger partial charge in [0, 0.05) is 19.3 Å². The summed E-state index contributed by atoms with van der Waals surface area (Å²) in [4.78, 5) is 18.9. The highest BCUT2D eigenvalue weighted by molar-refractivity contribution is 5.91. The van der Waals surface area contributed by atoms with Crippen molar-refractivity contribution in [2.24, 2.45) is 0 Å². The predicted octanol–water partition coefficient (Wildman–Crippen LogP) is 0.932. The number of imidazole rings is 1. The second-order valence-corrected chi connectivity index (χ2v) is 2.51. The third kappa shape index (κ3) is 0.887. The van der Waals surface area contributed by atoms with E-state index in [1.807, 2.05) is 0 Å². The molecule has 0 aliphatic rings. The van der Waals surface area contributed by atoms with Crippen LogP contribution >= 0.6 is 0 Å². The molecule has 0 radical (unpaired) electrons. The van der Waals surface area contributed by atoms with Gasteiger partial charge < -0.3 is 0 Å². The second kappa shape index (κ2) is 2.41. The average Bonchev–Trinajstić information content (AvgIpc) is 2.47. The van der Waals surface area contributed by atoms with Crippen LogP contribution < -0.4 is 0 Å². The first-order valence-electron chi connectivity index (χ1n) is 3.57. The Kier molecular flexibility index (Phi) is 1.40. The highest BCUT2D eigenvalue weighted by atomic mass is 16.1. The Bertz CT molecular complexity index is 433. The van der Waals surface area contributed by atoms with E-state index in [1.165, 1.54) is 6.92 Å². The number of aromatic nitrogens is 3. The molecular weight excluding hydrogens is 154 g/mol. The van der Waals surface area contributed by atoms with Crippen LogP contribution in [0.15, 0.2) is 24.8 Å². The van der Waals surface area contributed by atoms with Gasteiger partial charge in [-0.1, -0.05) is 0 Å². The third-order valence-electron chi connectivity index (χ3n) is 1.65. The number of nitrogens with zero attached hydrogens (tertiary/aromatic N) is 3. The van der Waals surface area contributed by atoms with Crippen LogP contribution in [-0.2, 0) is 0 Å². The molecule has 2 heterocycles. The molecule has 0 aromatic carbocycles. The van der Waals surface area contributed by atoms with Gasteiger partial charge in [-0.15, -0.1) is 0 Å². The Balaban J connectivity index is 2.79. The molecule has 60 valence electrons. The van der Waals surface area contributed by atoms with Gasteiger partial charge in [0.1, 0.15) is 0 Å². The van der Waals surface area contributed by atoms with Crippen LogP contribution in [0.5, 0.6) is 0 Å². The molecule has 2 aromatic heterocycles. The summed E-state index contributed by atoms with van der Waals surface area (Å²) in [5.41, 5.74) is 0.836. The van der Waals surface area contributed by atoms with E-state index in [2.05, 4.69) is 9.97 Å². The Morgan fingerprint density at radius 2 is 2.33 bits per heavy atom. The first kappa shape index (κ1) is 6.97. The number of rotatable bonds is 1. The number of carbonyl (C=O) groups is 1. The van der Waals surface area contributed by atoms with Crippen LogP contribution in [0.25, 0.3) is 5.52 Å². The quantitative estimate of drug-likeness (QED) is 0.584. The van der Waals surface area contributed by atoms with Crippen molar-refractivity contribution in [2.75, 3.05) is 0 Å². The van der Waals surface area contributed by atoms with E-state index in [1.54, 1.807) is 29.2 Å². The van der Waals surface area contributed by atoms with Crippen molar-refractivity contribution < 1.29 is 4.79 Å². The third-order valence-corrected chi connectivity index (χ3v) is 1.65. The van der Waals surface area contributed by atoms with E-state index in [9.17, 15) is 4.79 Å². The summed E-state index contributed by atoms with van der Waals surface area (Å²) in [6.07, 6.45) is 6.64. The van der Waals surface area contributed by atoms with Crippen LogP contribution in [-0.4, -0.2) is 20.2 Å². The fourth-order valence-electron chi connectivity index (χ4n) is 1.11. The molecule has 0 amide bonds. The minimum atomic E-state index is -0.0406. The smallest absolute Gasteiger partial charge is 0.195 e. The van der Waals surface area contributed by atoms with Gasteiger partial charge in [0.2, 0.25) is 0 Å². The zero-order chi connectivity index (χ0) is 8.55. The molecule has 0 saturated carbocycles. The minimum Gasteiger partial charge on any atom is -0.294 e. The maximum absolute atomic E-state index is 11.0. The van der Waals surface area contributed by atoms with Crippen molar-refractivity contribution in [2.45, 2.75) is 6.92 Å². The molecule has 0 saturated heterocycles. The van der Waals surface area contributed by atoms with E-state index in [0.717, 1.165) is 5.52 Å². The molecule has 0 N–H and O–H groups in total. The SMILES string of the molecule is CC(=O)c1ncc2cnccn12. The fraction of sp³-hybridized carbons (Fsp3) is 0.125. The zero-order valence-electron chi connectivity index (χ0n) is 6.56. The number of ketones is 1. The summed E-state index contributed by atoms with van der Waals surface area (Å²) >= 11 is 0. The van der Waals surface area contributed by atoms with E-state index in [0.29, 0.717) is 5.82 Å². The lowest BCUT2D eigenvalue weighted by Crippen LogP contribution is -1.99. The van der Waals surface area contributed by atoms with Crippen molar-refractivity contribution in [3.05, 3.63) is 30.6 Å². The average molecular weight is 161 g/mol. The monoisotopic (exact) mass is 161 g/mol. The van der Waals surface area contributed by atoms with E-state index in [-0.39, 0.29) is 5.78 Å². The molecule has 2 aromatic rings. The van der Waals surface area contributed by atoms with Gasteiger partial charge in [0.15, 0.2) is 11.6 Å². The van der Waals surface area contributed by atoms with Crippen LogP contribution in [0.3, 0.4) is 0 Å². The molecule has 0 fully saturated rings. The zero-order valence-corrected chi connectivity index (χ0v) is 6.56. The highest BCUT2D eigenvalue weighted by Gasteiger charge is 2.06. The second-order valence-electron chi connectivity index (χ2n) is 2.51. The van der Waals surface area contributed by atoms with Crippen LogP contribution in [0.4, 0.5) is 0 Å². The number of hydrogen-bond acceptors (Lipinski definition) is 3.